The van der Waals surface area contributed by atoms with E-state index in [1.807, 2.05) is 10.7 Å². The summed E-state index contributed by atoms with van der Waals surface area (Å²) in [5.41, 5.74) is 1.54. The molecule has 1 aliphatic heterocycles. The van der Waals surface area contributed by atoms with E-state index < -0.39 is 5.60 Å². The van der Waals surface area contributed by atoms with Gasteiger partial charge in [0.1, 0.15) is 5.52 Å². The highest BCUT2D eigenvalue weighted by Gasteiger charge is 2.41. The zero-order valence-electron chi connectivity index (χ0n) is 13.3. The lowest BCUT2D eigenvalue weighted by Crippen LogP contribution is -2.62. The molecule has 0 atom stereocenters. The van der Waals surface area contributed by atoms with Crippen molar-refractivity contribution in [2.45, 2.75) is 51.6 Å². The molecular formula is C16H24N4O. The first-order valence-corrected chi connectivity index (χ1v) is 7.65. The fourth-order valence-electron chi connectivity index (χ4n) is 2.96. The Morgan fingerprint density at radius 2 is 2.05 bits per heavy atom. The standard InChI is InChI=1S/C16H24N4O/c1-5-6-16(21)10-19(11-16)14-12-9-13(15(2,3)4)18-20(12)8-7-17-14/h7-9,21H,5-6,10-11H2,1-4H3. The summed E-state index contributed by atoms with van der Waals surface area (Å²) in [7, 11) is 0. The van der Waals surface area contributed by atoms with Gasteiger partial charge in [-0.1, -0.05) is 34.1 Å². The molecule has 0 aliphatic carbocycles. The van der Waals surface area contributed by atoms with Gasteiger partial charge in [-0.15, -0.1) is 0 Å². The smallest absolute Gasteiger partial charge is 0.154 e. The van der Waals surface area contributed by atoms with Crippen LogP contribution in [-0.2, 0) is 5.41 Å². The van der Waals surface area contributed by atoms with Crippen molar-refractivity contribution in [1.82, 2.24) is 14.6 Å². The number of β-amino-alcohol motifs (C(OH)–C–C–N with tert-alkyl or cyclic N) is 1. The normalized spacial score (nSPS) is 18.0. The third-order valence-electron chi connectivity index (χ3n) is 4.12. The number of anilines is 1. The minimum Gasteiger partial charge on any atom is -0.386 e. The second kappa shape index (κ2) is 4.70. The SMILES string of the molecule is CCCC1(O)CN(c2nccn3nc(C(C)(C)C)cc23)C1. The molecule has 0 amide bonds. The average Bonchev–Trinajstić information content (AvgIpc) is 2.79. The fourth-order valence-corrected chi connectivity index (χ4v) is 2.96. The van der Waals surface area contributed by atoms with Crippen molar-refractivity contribution in [3.8, 4) is 0 Å². The largest absolute Gasteiger partial charge is 0.386 e. The van der Waals surface area contributed by atoms with Crippen LogP contribution in [0.15, 0.2) is 18.5 Å². The van der Waals surface area contributed by atoms with Crippen molar-refractivity contribution in [2.75, 3.05) is 18.0 Å². The van der Waals surface area contributed by atoms with Crippen molar-refractivity contribution >= 4 is 11.3 Å². The quantitative estimate of drug-likeness (QED) is 0.942. The molecule has 0 spiro atoms. The molecule has 21 heavy (non-hydrogen) atoms. The van der Waals surface area contributed by atoms with Crippen LogP contribution in [0.3, 0.4) is 0 Å². The van der Waals surface area contributed by atoms with Gasteiger partial charge in [0.2, 0.25) is 0 Å². The molecule has 5 nitrogen and oxygen atoms in total. The maximum absolute atomic E-state index is 10.4. The Bertz CT molecular complexity index is 650. The Hall–Kier alpha value is -1.62. The van der Waals surface area contributed by atoms with Gasteiger partial charge in [-0.05, 0) is 12.5 Å². The summed E-state index contributed by atoms with van der Waals surface area (Å²) in [6.45, 7) is 9.89. The van der Waals surface area contributed by atoms with Crippen LogP contribution >= 0.6 is 0 Å². The first-order valence-electron chi connectivity index (χ1n) is 7.65. The third kappa shape index (κ3) is 2.50. The van der Waals surface area contributed by atoms with E-state index in [1.54, 1.807) is 6.20 Å². The summed E-state index contributed by atoms with van der Waals surface area (Å²) < 4.78 is 1.89. The van der Waals surface area contributed by atoms with Crippen LogP contribution in [0.5, 0.6) is 0 Å². The molecule has 0 radical (unpaired) electrons. The van der Waals surface area contributed by atoms with E-state index in [9.17, 15) is 5.11 Å². The molecule has 1 fully saturated rings. The monoisotopic (exact) mass is 288 g/mol. The van der Waals surface area contributed by atoms with E-state index in [1.165, 1.54) is 0 Å². The number of aromatic nitrogens is 3. The molecular weight excluding hydrogens is 264 g/mol. The minimum atomic E-state index is -0.545. The summed E-state index contributed by atoms with van der Waals surface area (Å²) in [5, 5.41) is 15.0. The van der Waals surface area contributed by atoms with E-state index in [-0.39, 0.29) is 5.41 Å². The van der Waals surface area contributed by atoms with Crippen LogP contribution in [0, 0.1) is 0 Å². The predicted molar refractivity (Wildman–Crippen MR) is 83.8 cm³/mol. The van der Waals surface area contributed by atoms with Crippen molar-refractivity contribution < 1.29 is 5.11 Å². The van der Waals surface area contributed by atoms with E-state index in [0.717, 1.165) is 29.9 Å². The van der Waals surface area contributed by atoms with Crippen molar-refractivity contribution in [2.24, 2.45) is 0 Å². The molecule has 0 bridgehead atoms. The van der Waals surface area contributed by atoms with E-state index in [0.29, 0.717) is 13.1 Å². The summed E-state index contributed by atoms with van der Waals surface area (Å²) >= 11 is 0. The number of fused-ring (bicyclic) bond motifs is 1. The molecule has 2 aromatic rings. The summed E-state index contributed by atoms with van der Waals surface area (Å²) in [6, 6.07) is 2.11. The minimum absolute atomic E-state index is 0.0151. The number of hydrogen-bond donors (Lipinski definition) is 1. The molecule has 114 valence electrons. The Balaban J connectivity index is 1.92. The molecule has 3 heterocycles. The van der Waals surface area contributed by atoms with Crippen molar-refractivity contribution in [3.63, 3.8) is 0 Å². The third-order valence-corrected chi connectivity index (χ3v) is 4.12. The Labute approximate surface area is 125 Å². The first-order chi connectivity index (χ1) is 9.82. The molecule has 1 saturated heterocycles. The highest BCUT2D eigenvalue weighted by molar-refractivity contribution is 5.70. The lowest BCUT2D eigenvalue weighted by molar-refractivity contribution is 0.00308. The van der Waals surface area contributed by atoms with Gasteiger partial charge in [0.15, 0.2) is 5.82 Å². The summed E-state index contributed by atoms with van der Waals surface area (Å²) in [6.07, 6.45) is 5.51. The van der Waals surface area contributed by atoms with Gasteiger partial charge >= 0.3 is 0 Å². The van der Waals surface area contributed by atoms with Gasteiger partial charge in [0, 0.05) is 17.8 Å². The number of rotatable bonds is 3. The maximum atomic E-state index is 10.4. The van der Waals surface area contributed by atoms with Gasteiger partial charge in [-0.25, -0.2) is 9.50 Å². The van der Waals surface area contributed by atoms with Gasteiger partial charge in [-0.2, -0.15) is 5.10 Å². The predicted octanol–water partition coefficient (Wildman–Crippen LogP) is 2.38. The lowest BCUT2D eigenvalue weighted by Gasteiger charge is -2.47. The zero-order valence-corrected chi connectivity index (χ0v) is 13.3. The molecule has 5 heteroatoms. The highest BCUT2D eigenvalue weighted by atomic mass is 16.3. The van der Waals surface area contributed by atoms with Gasteiger partial charge < -0.3 is 10.0 Å². The molecule has 0 saturated carbocycles. The van der Waals surface area contributed by atoms with Crippen LogP contribution in [0.25, 0.3) is 5.52 Å². The topological polar surface area (TPSA) is 53.7 Å². The second-order valence-electron chi connectivity index (χ2n) is 7.19. The Morgan fingerprint density at radius 3 is 2.67 bits per heavy atom. The second-order valence-corrected chi connectivity index (χ2v) is 7.19. The van der Waals surface area contributed by atoms with E-state index in [2.05, 4.69) is 48.7 Å². The van der Waals surface area contributed by atoms with Gasteiger partial charge in [-0.3, -0.25) is 0 Å². The summed E-state index contributed by atoms with van der Waals surface area (Å²) in [4.78, 5) is 6.64. The lowest BCUT2D eigenvalue weighted by atomic mass is 9.89. The molecule has 2 aromatic heterocycles. The summed E-state index contributed by atoms with van der Waals surface area (Å²) in [5.74, 6) is 0.918. The number of hydrogen-bond acceptors (Lipinski definition) is 4. The molecule has 3 rings (SSSR count). The zero-order chi connectivity index (χ0) is 15.3. The number of nitrogens with zero attached hydrogens (tertiary/aromatic N) is 4. The van der Waals surface area contributed by atoms with Crippen molar-refractivity contribution in [3.05, 3.63) is 24.2 Å². The van der Waals surface area contributed by atoms with Crippen LogP contribution in [0.1, 0.15) is 46.2 Å². The Morgan fingerprint density at radius 1 is 1.33 bits per heavy atom. The number of aliphatic hydroxyl groups is 1. The maximum Gasteiger partial charge on any atom is 0.154 e. The molecule has 0 unspecified atom stereocenters. The molecule has 1 aliphatic rings. The van der Waals surface area contributed by atoms with Crippen LogP contribution in [0.4, 0.5) is 5.82 Å². The fraction of sp³-hybridized carbons (Fsp3) is 0.625. The Kier molecular flexibility index (Phi) is 3.20. The van der Waals surface area contributed by atoms with Crippen LogP contribution in [0.2, 0.25) is 0 Å². The van der Waals surface area contributed by atoms with Gasteiger partial charge in [0.05, 0.1) is 24.4 Å². The molecule has 0 aromatic carbocycles. The van der Waals surface area contributed by atoms with E-state index >= 15 is 0 Å². The average molecular weight is 288 g/mol. The first kappa shape index (κ1) is 14.3. The van der Waals surface area contributed by atoms with E-state index in [4.69, 9.17) is 0 Å². The highest BCUT2D eigenvalue weighted by Crippen LogP contribution is 2.33. The van der Waals surface area contributed by atoms with Gasteiger partial charge in [0.25, 0.3) is 0 Å². The molecule has 1 N–H and O–H groups in total. The van der Waals surface area contributed by atoms with Crippen LogP contribution in [-0.4, -0.2) is 38.4 Å². The van der Waals surface area contributed by atoms with Crippen LogP contribution < -0.4 is 4.90 Å². The van der Waals surface area contributed by atoms with Crippen molar-refractivity contribution in [1.29, 1.82) is 0 Å².